The van der Waals surface area contributed by atoms with Gasteiger partial charge in [0.1, 0.15) is 24.4 Å². The summed E-state index contributed by atoms with van der Waals surface area (Å²) < 4.78 is 12.8. The average molecular weight is 508 g/mol. The first-order valence-electron chi connectivity index (χ1n) is 8.96. The van der Waals surface area contributed by atoms with Gasteiger partial charge in [-0.15, -0.1) is 34.2 Å². The molecule has 0 spiro atoms. The van der Waals surface area contributed by atoms with Crippen molar-refractivity contribution in [2.45, 2.75) is 6.54 Å². The quantitative estimate of drug-likeness (QED) is 0.211. The van der Waals surface area contributed by atoms with E-state index in [-0.39, 0.29) is 24.0 Å². The van der Waals surface area contributed by atoms with E-state index in [9.17, 15) is 0 Å². The van der Waals surface area contributed by atoms with E-state index < -0.39 is 0 Å². The van der Waals surface area contributed by atoms with Crippen molar-refractivity contribution in [3.63, 3.8) is 0 Å². The topological polar surface area (TPSA) is 85.6 Å². The van der Waals surface area contributed by atoms with E-state index >= 15 is 0 Å². The zero-order valence-electron chi connectivity index (χ0n) is 16.4. The number of hydrogen-bond donors (Lipinski definition) is 2. The van der Waals surface area contributed by atoms with Crippen molar-refractivity contribution < 1.29 is 9.47 Å². The van der Waals surface area contributed by atoms with Gasteiger partial charge in [0, 0.05) is 12.7 Å². The van der Waals surface area contributed by atoms with Crippen LogP contribution in [-0.2, 0) is 6.54 Å². The molecular weight excluding hydrogens is 483 g/mol. The van der Waals surface area contributed by atoms with Crippen LogP contribution in [0.3, 0.4) is 0 Å². The smallest absolute Gasteiger partial charge is 0.191 e. The van der Waals surface area contributed by atoms with Gasteiger partial charge in [-0.1, -0.05) is 18.2 Å². The maximum atomic E-state index is 5.70. The fraction of sp³-hybridized carbons (Fsp3) is 0.250. The van der Waals surface area contributed by atoms with E-state index in [1.807, 2.05) is 59.2 Å². The van der Waals surface area contributed by atoms with Crippen molar-refractivity contribution in [3.05, 3.63) is 66.7 Å². The number of aromatic nitrogens is 3. The molecule has 2 N–H and O–H groups in total. The molecule has 0 saturated heterocycles. The van der Waals surface area contributed by atoms with Gasteiger partial charge in [-0.05, 0) is 36.4 Å². The Morgan fingerprint density at radius 2 is 1.76 bits per heavy atom. The highest BCUT2D eigenvalue weighted by Crippen LogP contribution is 2.16. The molecule has 0 unspecified atom stereocenters. The predicted octanol–water partition coefficient (Wildman–Crippen LogP) is 2.64. The molecule has 3 aromatic rings. The maximum absolute atomic E-state index is 5.70. The fourth-order valence-electron chi connectivity index (χ4n) is 2.58. The van der Waals surface area contributed by atoms with E-state index in [1.54, 1.807) is 20.5 Å². The summed E-state index contributed by atoms with van der Waals surface area (Å²) >= 11 is 0. The molecule has 1 heterocycles. The van der Waals surface area contributed by atoms with Gasteiger partial charge in [-0.3, -0.25) is 9.56 Å². The van der Waals surface area contributed by atoms with Crippen molar-refractivity contribution in [3.8, 4) is 17.2 Å². The number of nitrogens with one attached hydrogen (secondary N) is 2. The molecule has 2 aromatic carbocycles. The number of para-hydroxylation sites is 1. The third-order valence-electron chi connectivity index (χ3n) is 4.01. The Bertz CT molecular complexity index is 884. The summed E-state index contributed by atoms with van der Waals surface area (Å²) in [6.45, 7) is 1.61. The molecule has 0 radical (unpaired) electrons. The second-order valence-corrected chi connectivity index (χ2v) is 5.83. The summed E-state index contributed by atoms with van der Waals surface area (Å²) in [5.74, 6) is 3.06. The molecule has 8 nitrogen and oxygen atoms in total. The summed E-state index contributed by atoms with van der Waals surface area (Å²) in [7, 11) is 3.36. The Labute approximate surface area is 187 Å². The Morgan fingerprint density at radius 1 is 1.03 bits per heavy atom. The minimum absolute atomic E-state index is 0. The zero-order chi connectivity index (χ0) is 19.6. The number of nitrogens with zero attached hydrogens (tertiary/aromatic N) is 4. The molecule has 0 aliphatic carbocycles. The predicted molar refractivity (Wildman–Crippen MR) is 123 cm³/mol. The lowest BCUT2D eigenvalue weighted by atomic mass is 10.3. The van der Waals surface area contributed by atoms with Crippen LogP contribution >= 0.6 is 24.0 Å². The van der Waals surface area contributed by atoms with Gasteiger partial charge in [-0.25, -0.2) is 0 Å². The van der Waals surface area contributed by atoms with Crippen LogP contribution in [0.4, 0.5) is 0 Å². The van der Waals surface area contributed by atoms with Crippen LogP contribution < -0.4 is 20.1 Å². The van der Waals surface area contributed by atoms with Crippen molar-refractivity contribution >= 4 is 29.9 Å². The normalized spacial score (nSPS) is 10.8. The zero-order valence-corrected chi connectivity index (χ0v) is 18.7. The molecule has 0 aliphatic heterocycles. The molecule has 0 aliphatic rings. The standard InChI is InChI=1S/C20H24N6O2.HI/c1-21-20(22-12-13-28-18-10-8-17(27-2)9-11-18)23-14-19-25-24-15-26(19)16-6-4-3-5-7-16;/h3-11,15H,12-14H2,1-2H3,(H2,21,22,23);1H. The number of halogens is 1. The second kappa shape index (κ2) is 11.9. The molecule has 0 amide bonds. The van der Waals surface area contributed by atoms with Crippen LogP contribution in [0.15, 0.2) is 65.9 Å². The Balaban J connectivity index is 0.00000300. The molecule has 3 rings (SSSR count). The second-order valence-electron chi connectivity index (χ2n) is 5.83. The third kappa shape index (κ3) is 6.63. The van der Waals surface area contributed by atoms with E-state index in [1.165, 1.54) is 0 Å². The minimum Gasteiger partial charge on any atom is -0.497 e. The van der Waals surface area contributed by atoms with E-state index in [2.05, 4.69) is 25.8 Å². The van der Waals surface area contributed by atoms with Gasteiger partial charge in [0.15, 0.2) is 11.8 Å². The molecule has 0 atom stereocenters. The van der Waals surface area contributed by atoms with E-state index in [0.29, 0.717) is 25.7 Å². The Morgan fingerprint density at radius 3 is 2.45 bits per heavy atom. The maximum Gasteiger partial charge on any atom is 0.191 e. The van der Waals surface area contributed by atoms with Gasteiger partial charge in [0.2, 0.25) is 0 Å². The van der Waals surface area contributed by atoms with Gasteiger partial charge < -0.3 is 20.1 Å². The molecular formula is C20H25IN6O2. The highest BCUT2D eigenvalue weighted by Gasteiger charge is 2.07. The van der Waals surface area contributed by atoms with Crippen LogP contribution in [0.2, 0.25) is 0 Å². The summed E-state index contributed by atoms with van der Waals surface area (Å²) in [6, 6.07) is 17.5. The molecule has 0 bridgehead atoms. The van der Waals surface area contributed by atoms with Gasteiger partial charge in [0.25, 0.3) is 0 Å². The monoisotopic (exact) mass is 508 g/mol. The van der Waals surface area contributed by atoms with Crippen molar-refractivity contribution in [1.82, 2.24) is 25.4 Å². The van der Waals surface area contributed by atoms with Gasteiger partial charge in [0.05, 0.1) is 20.2 Å². The molecule has 0 saturated carbocycles. The molecule has 1 aromatic heterocycles. The highest BCUT2D eigenvalue weighted by molar-refractivity contribution is 14.0. The first-order chi connectivity index (χ1) is 13.8. The van der Waals surface area contributed by atoms with Gasteiger partial charge >= 0.3 is 0 Å². The number of guanidine groups is 1. The van der Waals surface area contributed by atoms with Crippen molar-refractivity contribution in [2.24, 2.45) is 4.99 Å². The summed E-state index contributed by atoms with van der Waals surface area (Å²) in [5.41, 5.74) is 1.01. The number of ether oxygens (including phenoxy) is 2. The SMILES string of the molecule is CN=C(NCCOc1ccc(OC)cc1)NCc1nncn1-c1ccccc1.I. The summed E-state index contributed by atoms with van der Waals surface area (Å²) in [4.78, 5) is 4.22. The summed E-state index contributed by atoms with van der Waals surface area (Å²) in [5, 5.41) is 14.6. The van der Waals surface area contributed by atoms with Gasteiger partial charge in [-0.2, -0.15) is 0 Å². The van der Waals surface area contributed by atoms with Crippen molar-refractivity contribution in [1.29, 1.82) is 0 Å². The third-order valence-corrected chi connectivity index (χ3v) is 4.01. The van der Waals surface area contributed by atoms with Crippen LogP contribution in [0.25, 0.3) is 5.69 Å². The highest BCUT2D eigenvalue weighted by atomic mass is 127. The lowest BCUT2D eigenvalue weighted by Gasteiger charge is -2.13. The number of rotatable bonds is 8. The number of aliphatic imine (C=N–C) groups is 1. The average Bonchev–Trinajstić information content (AvgIpc) is 3.23. The minimum atomic E-state index is 0. The first-order valence-corrected chi connectivity index (χ1v) is 8.96. The van der Waals surface area contributed by atoms with Crippen LogP contribution in [0.1, 0.15) is 5.82 Å². The molecule has 29 heavy (non-hydrogen) atoms. The van der Waals surface area contributed by atoms with Crippen LogP contribution in [0.5, 0.6) is 11.5 Å². The lowest BCUT2D eigenvalue weighted by Crippen LogP contribution is -2.39. The largest absolute Gasteiger partial charge is 0.497 e. The number of methoxy groups -OCH3 is 1. The molecule has 154 valence electrons. The fourth-order valence-corrected chi connectivity index (χ4v) is 2.58. The Kier molecular flexibility index (Phi) is 9.22. The Hall–Kier alpha value is -2.82. The van der Waals surface area contributed by atoms with Crippen LogP contribution in [0, 0.1) is 0 Å². The van der Waals surface area contributed by atoms with Crippen molar-refractivity contribution in [2.75, 3.05) is 27.3 Å². The van der Waals surface area contributed by atoms with Crippen LogP contribution in [-0.4, -0.2) is 48.0 Å². The number of hydrogen-bond acceptors (Lipinski definition) is 5. The lowest BCUT2D eigenvalue weighted by molar-refractivity contribution is 0.321. The van der Waals surface area contributed by atoms with E-state index in [4.69, 9.17) is 9.47 Å². The molecule has 9 heteroatoms. The van der Waals surface area contributed by atoms with E-state index in [0.717, 1.165) is 23.0 Å². The number of benzene rings is 2. The summed E-state index contributed by atoms with van der Waals surface area (Å²) in [6.07, 6.45) is 1.70. The first kappa shape index (κ1) is 22.5. The molecule has 0 fully saturated rings.